The average molecular weight is 392 g/mol. The maximum Gasteiger partial charge on any atom is 0.341 e. The lowest BCUT2D eigenvalue weighted by Crippen LogP contribution is -3.08. The normalized spacial score (nSPS) is 16.0. The largest absolute Gasteiger partial charge is 0.462 e. The summed E-state index contributed by atoms with van der Waals surface area (Å²) in [5.74, 6) is -0.552. The van der Waals surface area contributed by atoms with Crippen LogP contribution >= 0.6 is 23.1 Å². The highest BCUT2D eigenvalue weighted by Gasteiger charge is 2.30. The summed E-state index contributed by atoms with van der Waals surface area (Å²) in [6, 6.07) is 7.47. The van der Waals surface area contributed by atoms with Crippen molar-refractivity contribution in [3.05, 3.63) is 45.8 Å². The molecule has 1 aromatic heterocycles. The van der Waals surface area contributed by atoms with Gasteiger partial charge in [0, 0.05) is 16.9 Å². The minimum atomic E-state index is -0.349. The van der Waals surface area contributed by atoms with Gasteiger partial charge in [-0.1, -0.05) is 6.07 Å². The van der Waals surface area contributed by atoms with Gasteiger partial charge in [-0.15, -0.1) is 23.1 Å². The number of benzene rings is 1. The molecule has 0 fully saturated rings. The molecule has 0 bridgehead atoms. The first-order valence-electron chi connectivity index (χ1n) is 8.61. The van der Waals surface area contributed by atoms with Gasteiger partial charge in [0.1, 0.15) is 11.5 Å². The molecule has 5 nitrogen and oxygen atoms in total. The molecule has 0 radical (unpaired) electrons. The third-order valence-electron chi connectivity index (χ3n) is 4.39. The molecule has 1 aromatic carbocycles. The lowest BCUT2D eigenvalue weighted by atomic mass is 10.0. The molecule has 1 aliphatic heterocycles. The molecule has 0 saturated heterocycles. The molecule has 138 valence electrons. The van der Waals surface area contributed by atoms with Crippen LogP contribution in [0, 0.1) is 0 Å². The van der Waals surface area contributed by atoms with E-state index in [0.717, 1.165) is 34.8 Å². The Morgan fingerprint density at radius 1 is 1.38 bits per heavy atom. The fourth-order valence-electron chi connectivity index (χ4n) is 3.07. The van der Waals surface area contributed by atoms with Gasteiger partial charge in [-0.05, 0) is 36.9 Å². The van der Waals surface area contributed by atoms with E-state index in [4.69, 9.17) is 4.74 Å². The summed E-state index contributed by atoms with van der Waals surface area (Å²) in [5.41, 5.74) is 2.15. The summed E-state index contributed by atoms with van der Waals surface area (Å²) in [6.45, 7) is 3.95. The van der Waals surface area contributed by atoms with Crippen LogP contribution in [0.5, 0.6) is 0 Å². The summed E-state index contributed by atoms with van der Waals surface area (Å²) < 4.78 is 5.25. The van der Waals surface area contributed by atoms with E-state index >= 15 is 0 Å². The standard InChI is InChI=1S/C19H22N2O3S2/c1-4-24-19(23)16-14-8-9-21(2)11-15(14)26-18(16)20-17(22)12-6-5-7-13(10-12)25-3/h5-7,10H,4,8-9,11H2,1-3H3,(H,20,22)/p+1. The van der Waals surface area contributed by atoms with Crippen molar-refractivity contribution in [1.29, 1.82) is 0 Å². The zero-order valence-corrected chi connectivity index (χ0v) is 16.8. The van der Waals surface area contributed by atoms with Gasteiger partial charge in [-0.3, -0.25) is 4.79 Å². The van der Waals surface area contributed by atoms with Crippen LogP contribution in [-0.4, -0.2) is 38.3 Å². The molecule has 2 heterocycles. The van der Waals surface area contributed by atoms with Crippen LogP contribution < -0.4 is 10.2 Å². The van der Waals surface area contributed by atoms with Crippen LogP contribution in [0.25, 0.3) is 0 Å². The number of quaternary nitrogens is 1. The second kappa shape index (κ2) is 8.24. The fourth-order valence-corrected chi connectivity index (χ4v) is 4.87. The van der Waals surface area contributed by atoms with E-state index in [0.29, 0.717) is 22.7 Å². The third-order valence-corrected chi connectivity index (χ3v) is 6.27. The quantitative estimate of drug-likeness (QED) is 0.607. The van der Waals surface area contributed by atoms with Crippen LogP contribution in [0.15, 0.2) is 29.2 Å². The van der Waals surface area contributed by atoms with Crippen molar-refractivity contribution in [3.63, 3.8) is 0 Å². The number of nitrogens with one attached hydrogen (secondary N) is 2. The number of rotatable bonds is 5. The van der Waals surface area contributed by atoms with Gasteiger partial charge in [0.05, 0.1) is 30.6 Å². The summed E-state index contributed by atoms with van der Waals surface area (Å²) in [6.07, 6.45) is 2.80. The van der Waals surface area contributed by atoms with Gasteiger partial charge < -0.3 is 15.0 Å². The molecule has 0 aliphatic carbocycles. The minimum Gasteiger partial charge on any atom is -0.462 e. The fraction of sp³-hybridized carbons (Fsp3) is 0.368. The van der Waals surface area contributed by atoms with Crippen LogP contribution in [0.2, 0.25) is 0 Å². The number of likely N-dealkylation sites (N-methyl/N-ethyl adjacent to an activating group) is 1. The molecular weight excluding hydrogens is 368 g/mol. The third kappa shape index (κ3) is 3.95. The van der Waals surface area contributed by atoms with Gasteiger partial charge in [-0.2, -0.15) is 0 Å². The lowest BCUT2D eigenvalue weighted by Gasteiger charge is -2.19. The number of esters is 1. The van der Waals surface area contributed by atoms with E-state index in [9.17, 15) is 9.59 Å². The van der Waals surface area contributed by atoms with Crippen molar-refractivity contribution in [2.75, 3.05) is 31.8 Å². The molecule has 1 amide bonds. The molecule has 1 aliphatic rings. The molecular formula is C19H23N2O3S2+. The average Bonchev–Trinajstić information content (AvgIpc) is 2.98. The zero-order valence-electron chi connectivity index (χ0n) is 15.2. The Hall–Kier alpha value is -1.83. The number of ether oxygens (including phenoxy) is 1. The van der Waals surface area contributed by atoms with Gasteiger partial charge in [0.2, 0.25) is 0 Å². The highest BCUT2D eigenvalue weighted by Crippen LogP contribution is 2.35. The molecule has 2 N–H and O–H groups in total. The predicted molar refractivity (Wildman–Crippen MR) is 106 cm³/mol. The summed E-state index contributed by atoms with van der Waals surface area (Å²) >= 11 is 3.08. The number of anilines is 1. The maximum atomic E-state index is 12.7. The first-order valence-corrected chi connectivity index (χ1v) is 10.7. The van der Waals surface area contributed by atoms with E-state index < -0.39 is 0 Å². The van der Waals surface area contributed by atoms with E-state index in [2.05, 4.69) is 12.4 Å². The second-order valence-corrected chi connectivity index (χ2v) is 8.23. The number of fused-ring (bicyclic) bond motifs is 1. The van der Waals surface area contributed by atoms with Crippen LogP contribution in [0.3, 0.4) is 0 Å². The van der Waals surface area contributed by atoms with E-state index in [-0.39, 0.29) is 11.9 Å². The lowest BCUT2D eigenvalue weighted by molar-refractivity contribution is -0.895. The Morgan fingerprint density at radius 3 is 2.92 bits per heavy atom. The van der Waals surface area contributed by atoms with Crippen molar-refractivity contribution < 1.29 is 19.2 Å². The SMILES string of the molecule is CCOC(=O)c1c(NC(=O)c2cccc(SC)c2)sc2c1CC[NH+](C)C2. The Bertz CT molecular complexity index is 832. The van der Waals surface area contributed by atoms with Crippen molar-refractivity contribution in [2.24, 2.45) is 0 Å². The number of hydrogen-bond acceptors (Lipinski definition) is 5. The summed E-state index contributed by atoms with van der Waals surface area (Å²) in [7, 11) is 2.14. The molecule has 0 saturated carbocycles. The van der Waals surface area contributed by atoms with Crippen LogP contribution in [0.4, 0.5) is 5.00 Å². The Kier molecular flexibility index (Phi) is 6.01. The molecule has 3 rings (SSSR count). The molecule has 2 aromatic rings. The summed E-state index contributed by atoms with van der Waals surface area (Å²) in [5, 5.41) is 3.55. The van der Waals surface area contributed by atoms with E-state index in [1.165, 1.54) is 16.2 Å². The zero-order chi connectivity index (χ0) is 18.7. The van der Waals surface area contributed by atoms with Crippen molar-refractivity contribution in [2.45, 2.75) is 24.8 Å². The molecule has 26 heavy (non-hydrogen) atoms. The topological polar surface area (TPSA) is 59.8 Å². The highest BCUT2D eigenvalue weighted by molar-refractivity contribution is 7.98. The van der Waals surface area contributed by atoms with Crippen molar-refractivity contribution in [1.82, 2.24) is 0 Å². The van der Waals surface area contributed by atoms with Gasteiger partial charge >= 0.3 is 5.97 Å². The van der Waals surface area contributed by atoms with Crippen LogP contribution in [0.1, 0.15) is 38.1 Å². The first kappa shape index (κ1) is 18.9. The number of hydrogen-bond donors (Lipinski definition) is 2. The Balaban J connectivity index is 1.93. The number of thiophene rings is 1. The number of carbonyl (C=O) groups excluding carboxylic acids is 2. The summed E-state index contributed by atoms with van der Waals surface area (Å²) in [4.78, 5) is 28.8. The smallest absolute Gasteiger partial charge is 0.341 e. The Morgan fingerprint density at radius 2 is 2.19 bits per heavy atom. The maximum absolute atomic E-state index is 12.7. The Labute approximate surface area is 161 Å². The molecule has 1 atom stereocenters. The van der Waals surface area contributed by atoms with Gasteiger partial charge in [0.25, 0.3) is 5.91 Å². The van der Waals surface area contributed by atoms with E-state index in [1.54, 1.807) is 24.8 Å². The van der Waals surface area contributed by atoms with Crippen LogP contribution in [-0.2, 0) is 17.7 Å². The second-order valence-electron chi connectivity index (χ2n) is 6.25. The van der Waals surface area contributed by atoms with E-state index in [1.807, 2.05) is 24.5 Å². The number of amides is 1. The monoisotopic (exact) mass is 391 g/mol. The number of thioether (sulfide) groups is 1. The predicted octanol–water partition coefficient (Wildman–Crippen LogP) is 2.47. The van der Waals surface area contributed by atoms with Crippen molar-refractivity contribution in [3.8, 4) is 0 Å². The minimum absolute atomic E-state index is 0.203. The van der Waals surface area contributed by atoms with Gasteiger partial charge in [-0.25, -0.2) is 4.79 Å². The van der Waals surface area contributed by atoms with Crippen molar-refractivity contribution >= 4 is 40.0 Å². The highest BCUT2D eigenvalue weighted by atomic mass is 32.2. The molecule has 1 unspecified atom stereocenters. The molecule has 7 heteroatoms. The first-order chi connectivity index (χ1) is 12.5. The number of carbonyl (C=O) groups is 2. The molecule has 0 spiro atoms. The van der Waals surface area contributed by atoms with Gasteiger partial charge in [0.15, 0.2) is 0 Å².